The van der Waals surface area contributed by atoms with Crippen LogP contribution in [0, 0.1) is 6.92 Å². The number of hydrogen-bond acceptors (Lipinski definition) is 4. The maximum absolute atomic E-state index is 13.0. The van der Waals surface area contributed by atoms with E-state index in [1.165, 1.54) is 0 Å². The first kappa shape index (κ1) is 17.9. The summed E-state index contributed by atoms with van der Waals surface area (Å²) in [4.78, 5) is 13.0. The van der Waals surface area contributed by atoms with Crippen LogP contribution in [-0.4, -0.2) is 7.11 Å². The quantitative estimate of drug-likeness (QED) is 0.473. The van der Waals surface area contributed by atoms with Gasteiger partial charge >= 0.3 is 0 Å². The third-order valence-electron chi connectivity index (χ3n) is 4.69. The molecule has 4 aromatic rings. The van der Waals surface area contributed by atoms with E-state index in [4.69, 9.17) is 13.9 Å². The fourth-order valence-electron chi connectivity index (χ4n) is 3.30. The summed E-state index contributed by atoms with van der Waals surface area (Å²) in [6.45, 7) is 2.17. The molecule has 3 aromatic carbocycles. The molecular weight excluding hydrogens is 352 g/mol. The van der Waals surface area contributed by atoms with Crippen molar-refractivity contribution < 1.29 is 13.9 Å². The van der Waals surface area contributed by atoms with Crippen molar-refractivity contribution >= 4 is 11.0 Å². The van der Waals surface area contributed by atoms with Gasteiger partial charge in [-0.2, -0.15) is 0 Å². The van der Waals surface area contributed by atoms with E-state index < -0.39 is 0 Å². The van der Waals surface area contributed by atoms with Crippen molar-refractivity contribution in [2.75, 3.05) is 7.11 Å². The van der Waals surface area contributed by atoms with Crippen molar-refractivity contribution in [1.82, 2.24) is 0 Å². The zero-order chi connectivity index (χ0) is 19.5. The van der Waals surface area contributed by atoms with E-state index in [1.807, 2.05) is 61.5 Å². The summed E-state index contributed by atoms with van der Waals surface area (Å²) in [6.07, 6.45) is 0. The Morgan fingerprint density at radius 1 is 0.929 bits per heavy atom. The average Bonchev–Trinajstić information content (AvgIpc) is 2.73. The minimum absolute atomic E-state index is 0.0405. The van der Waals surface area contributed by atoms with Crippen molar-refractivity contribution in [2.24, 2.45) is 0 Å². The van der Waals surface area contributed by atoms with Gasteiger partial charge in [0.1, 0.15) is 29.4 Å². The lowest BCUT2D eigenvalue weighted by Crippen LogP contribution is -2.07. The standard InChI is InChI=1S/C24H20O4/c1-16-23(17-8-4-3-5-9-17)24(25)20-13-12-19(14-22(20)28-16)27-15-18-10-6-7-11-21(18)26-2/h3-14H,15H2,1-2H3. The summed E-state index contributed by atoms with van der Waals surface area (Å²) in [6, 6.07) is 22.6. The molecule has 4 nitrogen and oxygen atoms in total. The van der Waals surface area contributed by atoms with Gasteiger partial charge in [-0.3, -0.25) is 4.79 Å². The van der Waals surface area contributed by atoms with E-state index in [2.05, 4.69) is 0 Å². The van der Waals surface area contributed by atoms with Crippen LogP contribution in [0.4, 0.5) is 0 Å². The number of hydrogen-bond donors (Lipinski definition) is 0. The highest BCUT2D eigenvalue weighted by molar-refractivity contribution is 5.83. The Labute approximate surface area is 163 Å². The molecule has 0 spiro atoms. The molecule has 0 saturated carbocycles. The lowest BCUT2D eigenvalue weighted by atomic mass is 10.0. The highest BCUT2D eigenvalue weighted by Gasteiger charge is 2.14. The van der Waals surface area contributed by atoms with Gasteiger partial charge in [0.25, 0.3) is 0 Å². The Hall–Kier alpha value is -3.53. The summed E-state index contributed by atoms with van der Waals surface area (Å²) >= 11 is 0. The van der Waals surface area contributed by atoms with Gasteiger partial charge in [0.05, 0.1) is 18.1 Å². The van der Waals surface area contributed by atoms with E-state index in [-0.39, 0.29) is 5.43 Å². The second-order valence-corrected chi connectivity index (χ2v) is 6.49. The van der Waals surface area contributed by atoms with Crippen molar-refractivity contribution in [3.05, 3.63) is 94.3 Å². The number of fused-ring (bicyclic) bond motifs is 1. The third-order valence-corrected chi connectivity index (χ3v) is 4.69. The highest BCUT2D eigenvalue weighted by atomic mass is 16.5. The van der Waals surface area contributed by atoms with Crippen LogP contribution in [0.3, 0.4) is 0 Å². The van der Waals surface area contributed by atoms with Crippen LogP contribution in [-0.2, 0) is 6.61 Å². The molecule has 0 saturated heterocycles. The molecular formula is C24H20O4. The molecule has 0 N–H and O–H groups in total. The second kappa shape index (κ2) is 7.61. The molecule has 1 aromatic heterocycles. The van der Waals surface area contributed by atoms with Crippen molar-refractivity contribution in [2.45, 2.75) is 13.5 Å². The zero-order valence-corrected chi connectivity index (χ0v) is 15.8. The van der Waals surface area contributed by atoms with Crippen molar-refractivity contribution in [3.63, 3.8) is 0 Å². The van der Waals surface area contributed by atoms with Gasteiger partial charge in [-0.25, -0.2) is 0 Å². The van der Waals surface area contributed by atoms with Crippen LogP contribution in [0.5, 0.6) is 11.5 Å². The number of methoxy groups -OCH3 is 1. The monoisotopic (exact) mass is 372 g/mol. The van der Waals surface area contributed by atoms with Crippen LogP contribution in [0.1, 0.15) is 11.3 Å². The second-order valence-electron chi connectivity index (χ2n) is 6.49. The van der Waals surface area contributed by atoms with Crippen molar-refractivity contribution in [3.8, 4) is 22.6 Å². The maximum Gasteiger partial charge on any atom is 0.200 e. The number of ether oxygens (including phenoxy) is 2. The van der Waals surface area contributed by atoms with Crippen LogP contribution in [0.2, 0.25) is 0 Å². The van der Waals surface area contributed by atoms with Gasteiger partial charge < -0.3 is 13.9 Å². The summed E-state index contributed by atoms with van der Waals surface area (Å²) in [5.41, 5.74) is 2.87. The minimum atomic E-state index is -0.0405. The molecule has 0 radical (unpaired) electrons. The number of para-hydroxylation sites is 1. The van der Waals surface area contributed by atoms with E-state index in [0.717, 1.165) is 16.9 Å². The molecule has 4 rings (SSSR count). The summed E-state index contributed by atoms with van der Waals surface area (Å²) in [5.74, 6) is 2.00. The molecule has 0 unspecified atom stereocenters. The molecule has 1 heterocycles. The minimum Gasteiger partial charge on any atom is -0.496 e. The predicted molar refractivity (Wildman–Crippen MR) is 110 cm³/mol. The number of benzene rings is 3. The van der Waals surface area contributed by atoms with Gasteiger partial charge in [0.15, 0.2) is 0 Å². The van der Waals surface area contributed by atoms with Gasteiger partial charge in [-0.1, -0.05) is 48.5 Å². The van der Waals surface area contributed by atoms with Crippen LogP contribution < -0.4 is 14.9 Å². The topological polar surface area (TPSA) is 48.7 Å². The molecule has 0 aliphatic carbocycles. The Bertz CT molecular complexity index is 1180. The Kier molecular flexibility index (Phi) is 4.85. The van der Waals surface area contributed by atoms with E-state index in [1.54, 1.807) is 25.3 Å². The van der Waals surface area contributed by atoms with E-state index in [0.29, 0.717) is 34.6 Å². The summed E-state index contributed by atoms with van der Waals surface area (Å²) in [7, 11) is 1.64. The molecule has 0 aliphatic heterocycles. The molecule has 0 aliphatic rings. The highest BCUT2D eigenvalue weighted by Crippen LogP contribution is 2.27. The maximum atomic E-state index is 13.0. The van der Waals surface area contributed by atoms with Crippen LogP contribution in [0.15, 0.2) is 82.0 Å². The molecule has 28 heavy (non-hydrogen) atoms. The normalized spacial score (nSPS) is 10.8. The fraction of sp³-hybridized carbons (Fsp3) is 0.125. The van der Waals surface area contributed by atoms with E-state index >= 15 is 0 Å². The molecule has 140 valence electrons. The largest absolute Gasteiger partial charge is 0.496 e. The Morgan fingerprint density at radius 2 is 1.68 bits per heavy atom. The first-order chi connectivity index (χ1) is 13.7. The van der Waals surface area contributed by atoms with Crippen LogP contribution >= 0.6 is 0 Å². The molecule has 0 atom stereocenters. The average molecular weight is 372 g/mol. The first-order valence-corrected chi connectivity index (χ1v) is 9.05. The summed E-state index contributed by atoms with van der Waals surface area (Å²) in [5, 5.41) is 0.536. The summed E-state index contributed by atoms with van der Waals surface area (Å²) < 4.78 is 17.2. The number of aryl methyl sites for hydroxylation is 1. The van der Waals surface area contributed by atoms with Gasteiger partial charge in [-0.05, 0) is 30.7 Å². The Balaban J connectivity index is 1.68. The Morgan fingerprint density at radius 3 is 2.46 bits per heavy atom. The predicted octanol–water partition coefficient (Wildman–Crippen LogP) is 5.36. The molecule has 0 bridgehead atoms. The van der Waals surface area contributed by atoms with Crippen LogP contribution in [0.25, 0.3) is 22.1 Å². The van der Waals surface area contributed by atoms with Gasteiger partial charge in [0.2, 0.25) is 5.43 Å². The fourth-order valence-corrected chi connectivity index (χ4v) is 3.30. The number of rotatable bonds is 5. The van der Waals surface area contributed by atoms with Crippen molar-refractivity contribution in [1.29, 1.82) is 0 Å². The zero-order valence-electron chi connectivity index (χ0n) is 15.8. The lowest BCUT2D eigenvalue weighted by molar-refractivity contribution is 0.296. The van der Waals surface area contributed by atoms with Gasteiger partial charge in [-0.15, -0.1) is 0 Å². The van der Waals surface area contributed by atoms with Gasteiger partial charge in [0, 0.05) is 11.6 Å². The first-order valence-electron chi connectivity index (χ1n) is 9.05. The lowest BCUT2D eigenvalue weighted by Gasteiger charge is -2.11. The molecule has 0 fully saturated rings. The third kappa shape index (κ3) is 3.37. The SMILES string of the molecule is COc1ccccc1COc1ccc2c(=O)c(-c3ccccc3)c(C)oc2c1. The smallest absolute Gasteiger partial charge is 0.200 e. The molecule has 4 heteroatoms. The van der Waals surface area contributed by atoms with E-state index in [9.17, 15) is 4.79 Å². The molecule has 0 amide bonds.